The van der Waals surface area contributed by atoms with E-state index in [1.807, 2.05) is 36.4 Å². The van der Waals surface area contributed by atoms with Gasteiger partial charge in [-0.1, -0.05) is 29.8 Å². The largest absolute Gasteiger partial charge is 0.492 e. The molecular formula is C23H31FIN3O2. The second kappa shape index (κ2) is 12.1. The van der Waals surface area contributed by atoms with Crippen molar-refractivity contribution >= 4 is 29.9 Å². The van der Waals surface area contributed by atoms with Crippen molar-refractivity contribution in [3.8, 4) is 5.75 Å². The standard InChI is InChI=1S/C23H30FN3O2.HI/c1-18-3-9-21(10-4-18)29-16-13-26-22(25-2)27-17-23(11-14-28-15-12-23)19-5-7-20(24)8-6-19;/h3-10H,11-17H2,1-2H3,(H2,25,26,27);1H. The molecule has 0 radical (unpaired) electrons. The van der Waals surface area contributed by atoms with Gasteiger partial charge >= 0.3 is 0 Å². The molecule has 0 bridgehead atoms. The third-order valence-corrected chi connectivity index (χ3v) is 5.41. The molecule has 1 aliphatic rings. The van der Waals surface area contributed by atoms with Crippen LogP contribution >= 0.6 is 24.0 Å². The van der Waals surface area contributed by atoms with E-state index in [0.29, 0.717) is 32.9 Å². The molecular weight excluding hydrogens is 496 g/mol. The summed E-state index contributed by atoms with van der Waals surface area (Å²) in [5.41, 5.74) is 2.25. The summed E-state index contributed by atoms with van der Waals surface area (Å²) in [4.78, 5) is 4.32. The Morgan fingerprint density at radius 3 is 2.37 bits per heavy atom. The van der Waals surface area contributed by atoms with Crippen LogP contribution in [0.15, 0.2) is 53.5 Å². The molecule has 7 heteroatoms. The van der Waals surface area contributed by atoms with E-state index in [9.17, 15) is 4.39 Å². The van der Waals surface area contributed by atoms with Crippen molar-refractivity contribution in [2.75, 3.05) is 40.0 Å². The minimum Gasteiger partial charge on any atom is -0.492 e. The Balaban J connectivity index is 0.00000320. The molecule has 2 aromatic carbocycles. The van der Waals surface area contributed by atoms with Crippen molar-refractivity contribution < 1.29 is 13.9 Å². The van der Waals surface area contributed by atoms with Crippen molar-refractivity contribution in [1.82, 2.24) is 10.6 Å². The van der Waals surface area contributed by atoms with Gasteiger partial charge in [0.15, 0.2) is 5.96 Å². The maximum atomic E-state index is 13.4. The maximum absolute atomic E-state index is 13.4. The minimum atomic E-state index is -0.213. The summed E-state index contributed by atoms with van der Waals surface area (Å²) in [5.74, 6) is 1.37. The van der Waals surface area contributed by atoms with Crippen LogP contribution in [0.5, 0.6) is 5.75 Å². The molecule has 3 rings (SSSR count). The fourth-order valence-corrected chi connectivity index (χ4v) is 3.58. The summed E-state index contributed by atoms with van der Waals surface area (Å²) in [6.07, 6.45) is 1.78. The lowest BCUT2D eigenvalue weighted by Gasteiger charge is -2.38. The smallest absolute Gasteiger partial charge is 0.191 e. The fraction of sp³-hybridized carbons (Fsp3) is 0.435. The van der Waals surface area contributed by atoms with E-state index >= 15 is 0 Å². The van der Waals surface area contributed by atoms with Crippen molar-refractivity contribution in [3.05, 3.63) is 65.5 Å². The monoisotopic (exact) mass is 527 g/mol. The van der Waals surface area contributed by atoms with Crippen LogP contribution < -0.4 is 15.4 Å². The molecule has 0 spiro atoms. The summed E-state index contributed by atoms with van der Waals surface area (Å²) < 4.78 is 24.7. The van der Waals surface area contributed by atoms with Gasteiger partial charge in [0.25, 0.3) is 0 Å². The predicted octanol–water partition coefficient (Wildman–Crippen LogP) is 4.04. The van der Waals surface area contributed by atoms with Gasteiger partial charge in [0.05, 0.1) is 6.54 Å². The molecule has 0 atom stereocenters. The molecule has 1 aliphatic heterocycles. The van der Waals surface area contributed by atoms with E-state index in [0.717, 1.165) is 30.1 Å². The van der Waals surface area contributed by atoms with Crippen LogP contribution in [-0.2, 0) is 10.2 Å². The van der Waals surface area contributed by atoms with Crippen LogP contribution in [0.2, 0.25) is 0 Å². The van der Waals surface area contributed by atoms with Crippen LogP contribution in [0, 0.1) is 12.7 Å². The Labute approximate surface area is 195 Å². The number of nitrogens with one attached hydrogen (secondary N) is 2. The zero-order valence-corrected chi connectivity index (χ0v) is 19.9. The highest BCUT2D eigenvalue weighted by atomic mass is 127. The van der Waals surface area contributed by atoms with Gasteiger partial charge in [-0.3, -0.25) is 4.99 Å². The number of rotatable bonds is 7. The van der Waals surface area contributed by atoms with Crippen molar-refractivity contribution in [3.63, 3.8) is 0 Å². The fourth-order valence-electron chi connectivity index (χ4n) is 3.58. The molecule has 1 heterocycles. The molecule has 30 heavy (non-hydrogen) atoms. The first-order valence-corrected chi connectivity index (χ1v) is 10.1. The molecule has 0 unspecified atom stereocenters. The summed E-state index contributed by atoms with van der Waals surface area (Å²) in [7, 11) is 1.75. The van der Waals surface area contributed by atoms with Gasteiger partial charge in [-0.2, -0.15) is 0 Å². The van der Waals surface area contributed by atoms with Crippen LogP contribution in [0.3, 0.4) is 0 Å². The van der Waals surface area contributed by atoms with Crippen LogP contribution in [0.25, 0.3) is 0 Å². The van der Waals surface area contributed by atoms with E-state index in [4.69, 9.17) is 9.47 Å². The number of hydrogen-bond donors (Lipinski definition) is 2. The normalized spacial score (nSPS) is 15.8. The molecule has 0 aliphatic carbocycles. The Kier molecular flexibility index (Phi) is 9.84. The number of ether oxygens (including phenoxy) is 2. The van der Waals surface area contributed by atoms with Crippen LogP contribution in [-0.4, -0.2) is 45.9 Å². The number of halogens is 2. The van der Waals surface area contributed by atoms with Gasteiger partial charge in [0.2, 0.25) is 0 Å². The van der Waals surface area contributed by atoms with Crippen molar-refractivity contribution in [2.24, 2.45) is 4.99 Å². The van der Waals surface area contributed by atoms with Gasteiger partial charge in [-0.15, -0.1) is 24.0 Å². The quantitative estimate of drug-likeness (QED) is 0.247. The average Bonchev–Trinajstić information content (AvgIpc) is 2.75. The minimum absolute atomic E-state index is 0. The molecule has 0 saturated carbocycles. The second-order valence-electron chi connectivity index (χ2n) is 7.41. The lowest BCUT2D eigenvalue weighted by molar-refractivity contribution is 0.0513. The zero-order valence-electron chi connectivity index (χ0n) is 17.6. The molecule has 1 saturated heterocycles. The zero-order chi connectivity index (χ0) is 20.5. The van der Waals surface area contributed by atoms with E-state index in [1.165, 1.54) is 17.7 Å². The van der Waals surface area contributed by atoms with Gasteiger partial charge in [-0.25, -0.2) is 4.39 Å². The molecule has 2 N–H and O–H groups in total. The topological polar surface area (TPSA) is 54.9 Å². The highest BCUT2D eigenvalue weighted by Crippen LogP contribution is 2.34. The summed E-state index contributed by atoms with van der Waals surface area (Å²) in [6, 6.07) is 14.8. The third kappa shape index (κ3) is 6.84. The molecule has 1 fully saturated rings. The molecule has 0 amide bonds. The van der Waals surface area contributed by atoms with E-state index < -0.39 is 0 Å². The Morgan fingerprint density at radius 2 is 1.73 bits per heavy atom. The number of nitrogens with zero attached hydrogens (tertiary/aromatic N) is 1. The van der Waals surface area contributed by atoms with Crippen LogP contribution in [0.4, 0.5) is 4.39 Å². The van der Waals surface area contributed by atoms with Crippen molar-refractivity contribution in [1.29, 1.82) is 0 Å². The van der Waals surface area contributed by atoms with Crippen molar-refractivity contribution in [2.45, 2.75) is 25.2 Å². The Morgan fingerprint density at radius 1 is 1.07 bits per heavy atom. The summed E-state index contributed by atoms with van der Waals surface area (Å²) >= 11 is 0. The molecule has 5 nitrogen and oxygen atoms in total. The third-order valence-electron chi connectivity index (χ3n) is 5.41. The first kappa shape index (κ1) is 24.4. The first-order chi connectivity index (χ1) is 14.1. The number of guanidine groups is 1. The number of aryl methyl sites for hydroxylation is 1. The second-order valence-corrected chi connectivity index (χ2v) is 7.41. The highest BCUT2D eigenvalue weighted by Gasteiger charge is 2.34. The Hall–Kier alpha value is -1.87. The van der Waals surface area contributed by atoms with Gasteiger partial charge < -0.3 is 20.1 Å². The number of hydrogen-bond acceptors (Lipinski definition) is 3. The maximum Gasteiger partial charge on any atom is 0.191 e. The highest BCUT2D eigenvalue weighted by molar-refractivity contribution is 14.0. The summed E-state index contributed by atoms with van der Waals surface area (Å²) in [5, 5.41) is 6.72. The van der Waals surface area contributed by atoms with Crippen LogP contribution in [0.1, 0.15) is 24.0 Å². The lowest BCUT2D eigenvalue weighted by atomic mass is 9.74. The Bertz CT molecular complexity index is 791. The van der Waals surface area contributed by atoms with Gasteiger partial charge in [-0.05, 0) is 49.6 Å². The van der Waals surface area contributed by atoms with E-state index in [-0.39, 0.29) is 35.2 Å². The lowest BCUT2D eigenvalue weighted by Crippen LogP contribution is -2.48. The van der Waals surface area contributed by atoms with Gasteiger partial charge in [0.1, 0.15) is 18.2 Å². The van der Waals surface area contributed by atoms with Gasteiger partial charge in [0, 0.05) is 32.2 Å². The first-order valence-electron chi connectivity index (χ1n) is 10.1. The molecule has 2 aromatic rings. The molecule has 164 valence electrons. The number of aliphatic imine (C=N–C) groups is 1. The van der Waals surface area contributed by atoms with E-state index in [2.05, 4.69) is 22.5 Å². The molecule has 0 aromatic heterocycles. The predicted molar refractivity (Wildman–Crippen MR) is 130 cm³/mol. The SMILES string of the molecule is CN=C(NCCOc1ccc(C)cc1)NCC1(c2ccc(F)cc2)CCOCC1.I. The average molecular weight is 527 g/mol. The summed E-state index contributed by atoms with van der Waals surface area (Å²) in [6.45, 7) is 5.35. The van der Waals surface area contributed by atoms with E-state index in [1.54, 1.807) is 7.05 Å². The number of benzene rings is 2.